The Morgan fingerprint density at radius 3 is 2.30 bits per heavy atom. The van der Waals surface area contributed by atoms with Gasteiger partial charge in [0.2, 0.25) is 0 Å². The van der Waals surface area contributed by atoms with Crippen molar-refractivity contribution in [1.82, 2.24) is 0 Å². The summed E-state index contributed by atoms with van der Waals surface area (Å²) in [5.74, 6) is -3.66. The zero-order valence-electron chi connectivity index (χ0n) is 11.1. The second-order valence-electron chi connectivity index (χ2n) is 4.86. The molecule has 1 heterocycles. The van der Waals surface area contributed by atoms with Gasteiger partial charge in [0.1, 0.15) is 11.4 Å². The van der Waals surface area contributed by atoms with Crippen molar-refractivity contribution in [2.24, 2.45) is 0 Å². The van der Waals surface area contributed by atoms with Gasteiger partial charge in [-0.2, -0.15) is 0 Å². The minimum absolute atomic E-state index is 0.0653. The standard InChI is InChI=1S/C14H12ClFO4/c1-7-4-8(11(16)6-10(7)15)5-9-12(17)19-14(2,3)20-13(9)18/h4-6H,1-3H3. The highest BCUT2D eigenvalue weighted by molar-refractivity contribution is 6.31. The van der Waals surface area contributed by atoms with E-state index in [-0.39, 0.29) is 16.2 Å². The molecule has 0 aliphatic carbocycles. The van der Waals surface area contributed by atoms with Crippen molar-refractivity contribution < 1.29 is 23.5 Å². The number of hydrogen-bond acceptors (Lipinski definition) is 4. The first-order valence-electron chi connectivity index (χ1n) is 5.83. The largest absolute Gasteiger partial charge is 0.419 e. The Morgan fingerprint density at radius 1 is 1.20 bits per heavy atom. The van der Waals surface area contributed by atoms with Crippen LogP contribution in [-0.4, -0.2) is 17.7 Å². The zero-order chi connectivity index (χ0) is 15.1. The van der Waals surface area contributed by atoms with E-state index in [1.165, 1.54) is 19.9 Å². The molecule has 0 N–H and O–H groups in total. The summed E-state index contributed by atoms with van der Waals surface area (Å²) in [6.07, 6.45) is 1.10. The average molecular weight is 299 g/mol. The van der Waals surface area contributed by atoms with Crippen LogP contribution in [0.15, 0.2) is 17.7 Å². The topological polar surface area (TPSA) is 52.6 Å². The third-order valence-electron chi connectivity index (χ3n) is 2.69. The van der Waals surface area contributed by atoms with E-state index < -0.39 is 23.5 Å². The van der Waals surface area contributed by atoms with Gasteiger partial charge in [-0.15, -0.1) is 0 Å². The molecule has 0 saturated carbocycles. The Bertz CT molecular complexity index is 612. The molecule has 1 aliphatic rings. The Labute approximate surface area is 120 Å². The molecule has 1 fully saturated rings. The van der Waals surface area contributed by atoms with Gasteiger partial charge in [0.25, 0.3) is 5.79 Å². The molecule has 6 heteroatoms. The summed E-state index contributed by atoms with van der Waals surface area (Å²) < 4.78 is 23.6. The van der Waals surface area contributed by atoms with Crippen LogP contribution in [-0.2, 0) is 19.1 Å². The third-order valence-corrected chi connectivity index (χ3v) is 3.10. The molecule has 2 rings (SSSR count). The van der Waals surface area contributed by atoms with Crippen molar-refractivity contribution in [3.05, 3.63) is 39.7 Å². The van der Waals surface area contributed by atoms with Crippen LogP contribution in [0, 0.1) is 12.7 Å². The quantitative estimate of drug-likeness (QED) is 0.454. The van der Waals surface area contributed by atoms with Crippen LogP contribution in [0.1, 0.15) is 25.0 Å². The maximum atomic E-state index is 13.8. The number of esters is 2. The number of aryl methyl sites for hydroxylation is 1. The highest BCUT2D eigenvalue weighted by Crippen LogP contribution is 2.26. The van der Waals surface area contributed by atoms with Crippen LogP contribution in [0.5, 0.6) is 0 Å². The van der Waals surface area contributed by atoms with Crippen LogP contribution >= 0.6 is 11.6 Å². The van der Waals surface area contributed by atoms with Gasteiger partial charge in [-0.05, 0) is 30.7 Å². The van der Waals surface area contributed by atoms with Crippen molar-refractivity contribution >= 4 is 29.6 Å². The summed E-state index contributed by atoms with van der Waals surface area (Å²) in [5.41, 5.74) is 0.332. The molecule has 0 spiro atoms. The van der Waals surface area contributed by atoms with Crippen molar-refractivity contribution in [2.45, 2.75) is 26.6 Å². The number of hydrogen-bond donors (Lipinski definition) is 0. The van der Waals surface area contributed by atoms with E-state index in [4.69, 9.17) is 21.1 Å². The molecule has 4 nitrogen and oxygen atoms in total. The van der Waals surface area contributed by atoms with E-state index in [9.17, 15) is 14.0 Å². The summed E-state index contributed by atoms with van der Waals surface area (Å²) in [7, 11) is 0. The van der Waals surface area contributed by atoms with Crippen LogP contribution in [0.25, 0.3) is 6.08 Å². The number of ether oxygens (including phenoxy) is 2. The van der Waals surface area contributed by atoms with Gasteiger partial charge < -0.3 is 9.47 Å². The smallest absolute Gasteiger partial charge is 0.348 e. The number of rotatable bonds is 1. The lowest BCUT2D eigenvalue weighted by Crippen LogP contribution is -2.41. The summed E-state index contributed by atoms with van der Waals surface area (Å²) in [4.78, 5) is 23.5. The minimum atomic E-state index is -1.32. The van der Waals surface area contributed by atoms with Gasteiger partial charge in [0.05, 0.1) is 0 Å². The summed E-state index contributed by atoms with van der Waals surface area (Å²) in [6.45, 7) is 4.56. The third kappa shape index (κ3) is 2.82. The monoisotopic (exact) mass is 298 g/mol. The number of cyclic esters (lactones) is 2. The summed E-state index contributed by atoms with van der Waals surface area (Å²) in [6, 6.07) is 2.55. The van der Waals surface area contributed by atoms with E-state index >= 15 is 0 Å². The Kier molecular flexibility index (Phi) is 3.56. The lowest BCUT2D eigenvalue weighted by molar-refractivity contribution is -0.222. The molecule has 1 saturated heterocycles. The molecular weight excluding hydrogens is 287 g/mol. The lowest BCUT2D eigenvalue weighted by atomic mass is 10.1. The molecule has 0 bridgehead atoms. The van der Waals surface area contributed by atoms with Gasteiger partial charge in [-0.3, -0.25) is 0 Å². The fraction of sp³-hybridized carbons (Fsp3) is 0.286. The molecular formula is C14H12ClFO4. The molecule has 1 aromatic rings. The zero-order valence-corrected chi connectivity index (χ0v) is 11.9. The molecule has 0 atom stereocenters. The second-order valence-corrected chi connectivity index (χ2v) is 5.27. The van der Waals surface area contributed by atoms with E-state index in [0.717, 1.165) is 12.1 Å². The minimum Gasteiger partial charge on any atom is -0.419 e. The SMILES string of the molecule is Cc1cc(C=C2C(=O)OC(C)(C)OC2=O)c(F)cc1Cl. The first-order valence-corrected chi connectivity index (χ1v) is 6.21. The molecule has 20 heavy (non-hydrogen) atoms. The first kappa shape index (κ1) is 14.5. The number of carbonyl (C=O) groups excluding carboxylic acids is 2. The molecule has 0 amide bonds. The van der Waals surface area contributed by atoms with Crippen LogP contribution in [0.2, 0.25) is 5.02 Å². The number of halogens is 2. The van der Waals surface area contributed by atoms with E-state index in [1.54, 1.807) is 6.92 Å². The Morgan fingerprint density at radius 2 is 1.75 bits per heavy atom. The van der Waals surface area contributed by atoms with Gasteiger partial charge in [0, 0.05) is 24.4 Å². The molecule has 1 aliphatic heterocycles. The van der Waals surface area contributed by atoms with E-state index in [1.807, 2.05) is 0 Å². The normalized spacial score (nSPS) is 17.6. The maximum Gasteiger partial charge on any atom is 0.348 e. The molecule has 0 radical (unpaired) electrons. The first-order chi connectivity index (χ1) is 9.19. The average Bonchev–Trinajstić information content (AvgIpc) is 2.28. The van der Waals surface area contributed by atoms with Gasteiger partial charge in [-0.1, -0.05) is 11.6 Å². The molecule has 0 unspecified atom stereocenters. The fourth-order valence-corrected chi connectivity index (χ4v) is 1.87. The van der Waals surface area contributed by atoms with Gasteiger partial charge >= 0.3 is 11.9 Å². The Balaban J connectivity index is 2.43. The highest BCUT2D eigenvalue weighted by atomic mass is 35.5. The highest BCUT2D eigenvalue weighted by Gasteiger charge is 2.38. The predicted octanol–water partition coefficient (Wildman–Crippen LogP) is 3.01. The van der Waals surface area contributed by atoms with Gasteiger partial charge in [-0.25, -0.2) is 14.0 Å². The summed E-state index contributed by atoms with van der Waals surface area (Å²) >= 11 is 5.78. The maximum absolute atomic E-state index is 13.8. The van der Waals surface area contributed by atoms with Crippen molar-refractivity contribution in [1.29, 1.82) is 0 Å². The summed E-state index contributed by atoms with van der Waals surface area (Å²) in [5, 5.41) is 0.264. The number of carbonyl (C=O) groups is 2. The molecule has 1 aromatic carbocycles. The lowest BCUT2D eigenvalue weighted by Gasteiger charge is -2.29. The predicted molar refractivity (Wildman–Crippen MR) is 70.4 cm³/mol. The van der Waals surface area contributed by atoms with Crippen LogP contribution in [0.3, 0.4) is 0 Å². The Hall–Kier alpha value is -1.88. The van der Waals surface area contributed by atoms with Crippen LogP contribution < -0.4 is 0 Å². The number of benzene rings is 1. The van der Waals surface area contributed by atoms with Crippen LogP contribution in [0.4, 0.5) is 4.39 Å². The van der Waals surface area contributed by atoms with E-state index in [0.29, 0.717) is 5.56 Å². The molecule has 0 aromatic heterocycles. The fourth-order valence-electron chi connectivity index (χ4n) is 1.72. The van der Waals surface area contributed by atoms with Crippen molar-refractivity contribution in [3.8, 4) is 0 Å². The second kappa shape index (κ2) is 4.90. The van der Waals surface area contributed by atoms with Crippen molar-refractivity contribution in [2.75, 3.05) is 0 Å². The van der Waals surface area contributed by atoms with Crippen molar-refractivity contribution in [3.63, 3.8) is 0 Å². The van der Waals surface area contributed by atoms with Gasteiger partial charge in [0.15, 0.2) is 0 Å². The van der Waals surface area contributed by atoms with E-state index in [2.05, 4.69) is 0 Å². The molecule has 106 valence electrons.